The molecular formula is C15H24N4O. The minimum absolute atomic E-state index is 0.161. The molecule has 0 saturated carbocycles. The van der Waals surface area contributed by atoms with Gasteiger partial charge < -0.3 is 16.0 Å². The Hall–Kier alpha value is -1.62. The number of anilines is 2. The Balaban J connectivity index is 2.15. The van der Waals surface area contributed by atoms with Crippen LogP contribution in [0.5, 0.6) is 0 Å². The number of nitrogens with zero attached hydrogens (tertiary/aromatic N) is 2. The van der Waals surface area contributed by atoms with Crippen LogP contribution in [-0.2, 0) is 4.79 Å². The molecular weight excluding hydrogens is 252 g/mol. The second-order valence-corrected chi connectivity index (χ2v) is 6.40. The van der Waals surface area contributed by atoms with Gasteiger partial charge in [-0.25, -0.2) is 4.98 Å². The molecule has 0 aliphatic carbocycles. The van der Waals surface area contributed by atoms with Crippen molar-refractivity contribution in [2.45, 2.75) is 39.7 Å². The molecule has 0 unspecified atom stereocenters. The summed E-state index contributed by atoms with van der Waals surface area (Å²) in [5.74, 6) is 0.686. The number of aromatic nitrogens is 1. The van der Waals surface area contributed by atoms with E-state index in [1.54, 1.807) is 6.20 Å². The number of pyridine rings is 1. The molecule has 2 heterocycles. The molecule has 1 atom stereocenters. The first-order valence-corrected chi connectivity index (χ1v) is 7.16. The van der Waals surface area contributed by atoms with Gasteiger partial charge in [-0.2, -0.15) is 0 Å². The lowest BCUT2D eigenvalue weighted by Crippen LogP contribution is -2.45. The zero-order valence-corrected chi connectivity index (χ0v) is 12.5. The largest absolute Gasteiger partial charge is 0.355 e. The number of carbonyl (C=O) groups excluding carboxylic acids is 1. The number of hydrogen-bond acceptors (Lipinski definition) is 4. The Kier molecular flexibility index (Phi) is 4.28. The summed E-state index contributed by atoms with van der Waals surface area (Å²) in [5, 5.41) is 2.93. The van der Waals surface area contributed by atoms with E-state index in [9.17, 15) is 4.79 Å². The average Bonchev–Trinajstić information content (AvgIpc) is 2.91. The lowest BCUT2D eigenvalue weighted by molar-refractivity contribution is -0.119. The molecule has 0 aromatic carbocycles. The summed E-state index contributed by atoms with van der Waals surface area (Å²) < 4.78 is 0. The van der Waals surface area contributed by atoms with Gasteiger partial charge in [0, 0.05) is 19.3 Å². The van der Waals surface area contributed by atoms with Crippen LogP contribution in [-0.4, -0.2) is 30.0 Å². The van der Waals surface area contributed by atoms with E-state index in [2.05, 4.69) is 15.2 Å². The molecule has 3 N–H and O–H groups in total. The molecule has 1 aliphatic heterocycles. The van der Waals surface area contributed by atoms with Gasteiger partial charge in [-0.05, 0) is 30.4 Å². The summed E-state index contributed by atoms with van der Waals surface area (Å²) in [6, 6.07) is 3.17. The Morgan fingerprint density at radius 1 is 1.40 bits per heavy atom. The standard InChI is InChI=1S/C15H24N4O/c1-15(2,3)12(16)14(20)18-11-7-6-8-17-13(11)19-9-4-5-10-19/h6-8,12H,4-5,9-10,16H2,1-3H3,(H,18,20)/t12-/m0/s1. The van der Waals surface area contributed by atoms with Crippen molar-refractivity contribution in [1.82, 2.24) is 4.98 Å². The fourth-order valence-electron chi connectivity index (χ4n) is 2.28. The predicted molar refractivity (Wildman–Crippen MR) is 81.7 cm³/mol. The Labute approximate surface area is 120 Å². The van der Waals surface area contributed by atoms with Gasteiger partial charge in [0.2, 0.25) is 5.91 Å². The number of nitrogens with one attached hydrogen (secondary N) is 1. The molecule has 2 rings (SSSR count). The monoisotopic (exact) mass is 276 g/mol. The minimum Gasteiger partial charge on any atom is -0.355 e. The van der Waals surface area contributed by atoms with Crippen LogP contribution < -0.4 is 16.0 Å². The first kappa shape index (κ1) is 14.8. The normalized spacial score (nSPS) is 17.1. The molecule has 0 radical (unpaired) electrons. The van der Waals surface area contributed by atoms with Crippen molar-refractivity contribution in [3.8, 4) is 0 Å². The Morgan fingerprint density at radius 2 is 2.05 bits per heavy atom. The number of carbonyl (C=O) groups is 1. The molecule has 1 amide bonds. The van der Waals surface area contributed by atoms with Gasteiger partial charge in [-0.3, -0.25) is 4.79 Å². The van der Waals surface area contributed by atoms with Crippen LogP contribution >= 0.6 is 0 Å². The van der Waals surface area contributed by atoms with Crippen LogP contribution in [0.1, 0.15) is 33.6 Å². The summed E-state index contributed by atoms with van der Waals surface area (Å²) in [6.07, 6.45) is 4.10. The minimum atomic E-state index is -0.547. The maximum Gasteiger partial charge on any atom is 0.241 e. The SMILES string of the molecule is CC(C)(C)[C@@H](N)C(=O)Nc1cccnc1N1CCCC1. The summed E-state index contributed by atoms with van der Waals surface area (Å²) in [7, 11) is 0. The maximum absolute atomic E-state index is 12.2. The second kappa shape index (κ2) is 5.79. The van der Waals surface area contributed by atoms with Gasteiger partial charge in [0.25, 0.3) is 0 Å². The van der Waals surface area contributed by atoms with Crippen molar-refractivity contribution in [3.05, 3.63) is 18.3 Å². The van der Waals surface area contributed by atoms with Gasteiger partial charge in [0.15, 0.2) is 5.82 Å². The Morgan fingerprint density at radius 3 is 2.65 bits per heavy atom. The second-order valence-electron chi connectivity index (χ2n) is 6.40. The average molecular weight is 276 g/mol. The van der Waals surface area contributed by atoms with E-state index in [1.165, 1.54) is 12.8 Å². The maximum atomic E-state index is 12.2. The van der Waals surface area contributed by atoms with Gasteiger partial charge in [0.1, 0.15) is 0 Å². The third kappa shape index (κ3) is 3.28. The van der Waals surface area contributed by atoms with E-state index in [1.807, 2.05) is 32.9 Å². The van der Waals surface area contributed by atoms with Crippen molar-refractivity contribution >= 4 is 17.4 Å². The number of hydrogen-bond donors (Lipinski definition) is 2. The van der Waals surface area contributed by atoms with Crippen molar-refractivity contribution < 1.29 is 4.79 Å². The highest BCUT2D eigenvalue weighted by Crippen LogP contribution is 2.27. The smallest absolute Gasteiger partial charge is 0.241 e. The van der Waals surface area contributed by atoms with Crippen LogP contribution in [0.4, 0.5) is 11.5 Å². The fourth-order valence-corrected chi connectivity index (χ4v) is 2.28. The fraction of sp³-hybridized carbons (Fsp3) is 0.600. The van der Waals surface area contributed by atoms with Crippen LogP contribution in [0, 0.1) is 5.41 Å². The topological polar surface area (TPSA) is 71.2 Å². The zero-order chi connectivity index (χ0) is 14.8. The van der Waals surface area contributed by atoms with E-state index in [4.69, 9.17) is 5.73 Å². The molecule has 5 nitrogen and oxygen atoms in total. The van der Waals surface area contributed by atoms with E-state index >= 15 is 0 Å². The lowest BCUT2D eigenvalue weighted by atomic mass is 9.87. The summed E-state index contributed by atoms with van der Waals surface area (Å²) >= 11 is 0. The Bertz CT molecular complexity index is 475. The van der Waals surface area contributed by atoms with Gasteiger partial charge >= 0.3 is 0 Å². The highest BCUT2D eigenvalue weighted by Gasteiger charge is 2.28. The molecule has 5 heteroatoms. The highest BCUT2D eigenvalue weighted by atomic mass is 16.2. The molecule has 1 saturated heterocycles. The van der Waals surface area contributed by atoms with E-state index in [0.717, 1.165) is 24.6 Å². The van der Waals surface area contributed by atoms with E-state index < -0.39 is 6.04 Å². The van der Waals surface area contributed by atoms with Gasteiger partial charge in [0.05, 0.1) is 11.7 Å². The van der Waals surface area contributed by atoms with Crippen molar-refractivity contribution in [2.24, 2.45) is 11.1 Å². The van der Waals surface area contributed by atoms with Crippen LogP contribution in [0.3, 0.4) is 0 Å². The van der Waals surface area contributed by atoms with Crippen LogP contribution in [0.15, 0.2) is 18.3 Å². The van der Waals surface area contributed by atoms with Crippen molar-refractivity contribution in [2.75, 3.05) is 23.3 Å². The van der Waals surface area contributed by atoms with Gasteiger partial charge in [-0.1, -0.05) is 20.8 Å². The number of nitrogens with two attached hydrogens (primary N) is 1. The molecule has 0 spiro atoms. The molecule has 1 fully saturated rings. The van der Waals surface area contributed by atoms with E-state index in [0.29, 0.717) is 0 Å². The lowest BCUT2D eigenvalue weighted by Gasteiger charge is -2.27. The highest BCUT2D eigenvalue weighted by molar-refractivity contribution is 5.97. The van der Waals surface area contributed by atoms with Gasteiger partial charge in [-0.15, -0.1) is 0 Å². The van der Waals surface area contributed by atoms with Crippen molar-refractivity contribution in [1.29, 1.82) is 0 Å². The summed E-state index contributed by atoms with van der Waals surface area (Å²) in [4.78, 5) is 18.9. The van der Waals surface area contributed by atoms with Crippen molar-refractivity contribution in [3.63, 3.8) is 0 Å². The zero-order valence-electron chi connectivity index (χ0n) is 12.5. The molecule has 1 aliphatic rings. The molecule has 1 aromatic rings. The predicted octanol–water partition coefficient (Wildman–Crippen LogP) is 1.99. The molecule has 110 valence electrons. The first-order valence-electron chi connectivity index (χ1n) is 7.16. The molecule has 0 bridgehead atoms. The first-order chi connectivity index (χ1) is 9.39. The molecule has 20 heavy (non-hydrogen) atoms. The quantitative estimate of drug-likeness (QED) is 0.885. The van der Waals surface area contributed by atoms with Crippen LogP contribution in [0.25, 0.3) is 0 Å². The third-order valence-electron chi connectivity index (χ3n) is 3.67. The number of amides is 1. The molecule has 1 aromatic heterocycles. The number of rotatable bonds is 3. The summed E-state index contributed by atoms with van der Waals surface area (Å²) in [5.41, 5.74) is 6.48. The summed E-state index contributed by atoms with van der Waals surface area (Å²) in [6.45, 7) is 7.86. The van der Waals surface area contributed by atoms with E-state index in [-0.39, 0.29) is 11.3 Å². The third-order valence-corrected chi connectivity index (χ3v) is 3.67. The van der Waals surface area contributed by atoms with Crippen LogP contribution in [0.2, 0.25) is 0 Å².